The summed E-state index contributed by atoms with van der Waals surface area (Å²) in [5.41, 5.74) is 5.02. The molecule has 0 aliphatic carbocycles. The summed E-state index contributed by atoms with van der Waals surface area (Å²) < 4.78 is 4.17. The Hall–Kier alpha value is -2.66. The molecule has 0 atom stereocenters. The van der Waals surface area contributed by atoms with Gasteiger partial charge in [0.05, 0.1) is 17.6 Å². The van der Waals surface area contributed by atoms with Crippen LogP contribution in [0.25, 0.3) is 16.7 Å². The van der Waals surface area contributed by atoms with Crippen molar-refractivity contribution in [2.24, 2.45) is 0 Å². The smallest absolute Gasteiger partial charge is 0.161 e. The third kappa shape index (κ3) is 1.90. The fourth-order valence-corrected chi connectivity index (χ4v) is 2.98. The van der Waals surface area contributed by atoms with Crippen LogP contribution >= 0.6 is 0 Å². The van der Waals surface area contributed by atoms with Crippen LogP contribution in [0.1, 0.15) is 17.1 Å². The molecule has 0 aliphatic heterocycles. The third-order valence-electron chi connectivity index (χ3n) is 4.03. The molecule has 3 heterocycles. The number of aliphatic hydroxyl groups excluding tert-OH is 1. The van der Waals surface area contributed by atoms with Gasteiger partial charge in [-0.05, 0) is 30.7 Å². The molecule has 0 spiro atoms. The molecule has 0 saturated heterocycles. The van der Waals surface area contributed by atoms with Crippen LogP contribution in [0, 0.1) is 6.92 Å². The zero-order chi connectivity index (χ0) is 15.1. The zero-order valence-electron chi connectivity index (χ0n) is 12.3. The summed E-state index contributed by atoms with van der Waals surface area (Å²) in [5, 5.41) is 18.0. The minimum atomic E-state index is 0.00415. The normalized spacial score (nSPS) is 11.5. The van der Waals surface area contributed by atoms with E-state index in [9.17, 15) is 5.11 Å². The molecule has 0 amide bonds. The van der Waals surface area contributed by atoms with E-state index in [1.807, 2.05) is 47.7 Å². The average Bonchev–Trinajstić information content (AvgIpc) is 3.09. The number of aromatic nitrogens is 4. The van der Waals surface area contributed by atoms with E-state index in [-0.39, 0.29) is 6.61 Å². The molecule has 1 aromatic carbocycles. The Kier molecular flexibility index (Phi) is 2.94. The van der Waals surface area contributed by atoms with Crippen molar-refractivity contribution in [3.8, 4) is 0 Å². The number of benzene rings is 1. The van der Waals surface area contributed by atoms with Gasteiger partial charge in [0.15, 0.2) is 5.65 Å². The fourth-order valence-electron chi connectivity index (χ4n) is 2.98. The van der Waals surface area contributed by atoms with Crippen LogP contribution in [0.5, 0.6) is 0 Å². The number of hydrogen-bond donors (Lipinski definition) is 1. The summed E-state index contributed by atoms with van der Waals surface area (Å²) in [6, 6.07) is 16.3. The topological polar surface area (TPSA) is 55.4 Å². The van der Waals surface area contributed by atoms with Crippen LogP contribution in [0.4, 0.5) is 0 Å². The van der Waals surface area contributed by atoms with Crippen molar-refractivity contribution in [2.75, 3.05) is 0 Å². The van der Waals surface area contributed by atoms with E-state index in [0.717, 1.165) is 34.7 Å². The first-order chi connectivity index (χ1) is 10.8. The predicted molar refractivity (Wildman–Crippen MR) is 84.7 cm³/mol. The van der Waals surface area contributed by atoms with E-state index in [1.165, 1.54) is 5.56 Å². The van der Waals surface area contributed by atoms with Gasteiger partial charge in [0, 0.05) is 12.2 Å². The van der Waals surface area contributed by atoms with Gasteiger partial charge < -0.3 is 9.67 Å². The lowest BCUT2D eigenvalue weighted by atomic mass is 10.2. The monoisotopic (exact) mass is 292 g/mol. The van der Waals surface area contributed by atoms with Crippen molar-refractivity contribution in [1.29, 1.82) is 0 Å². The molecule has 4 rings (SSSR count). The lowest BCUT2D eigenvalue weighted by Gasteiger charge is -2.09. The maximum Gasteiger partial charge on any atom is 0.161 e. The number of aliphatic hydroxyl groups is 1. The van der Waals surface area contributed by atoms with Crippen molar-refractivity contribution in [1.82, 2.24) is 19.2 Å². The Morgan fingerprint density at radius 3 is 2.59 bits per heavy atom. The van der Waals surface area contributed by atoms with Crippen molar-refractivity contribution < 1.29 is 5.11 Å². The summed E-state index contributed by atoms with van der Waals surface area (Å²) in [7, 11) is 0. The molecule has 0 saturated carbocycles. The summed E-state index contributed by atoms with van der Waals surface area (Å²) >= 11 is 0. The Morgan fingerprint density at radius 1 is 1.00 bits per heavy atom. The van der Waals surface area contributed by atoms with Crippen LogP contribution in [-0.4, -0.2) is 24.3 Å². The van der Waals surface area contributed by atoms with Gasteiger partial charge in [0.2, 0.25) is 0 Å². The van der Waals surface area contributed by atoms with Crippen LogP contribution in [0.3, 0.4) is 0 Å². The summed E-state index contributed by atoms with van der Waals surface area (Å²) in [4.78, 5) is 0. The van der Waals surface area contributed by atoms with Crippen molar-refractivity contribution in [2.45, 2.75) is 20.1 Å². The summed E-state index contributed by atoms with van der Waals surface area (Å²) in [5.74, 6) is 0.849. The number of aryl methyl sites for hydroxylation is 1. The molecular weight excluding hydrogens is 276 g/mol. The lowest BCUT2D eigenvalue weighted by Crippen LogP contribution is -2.04. The number of fused-ring (bicyclic) bond motifs is 3. The summed E-state index contributed by atoms with van der Waals surface area (Å²) in [6.07, 6.45) is 0. The molecule has 0 radical (unpaired) electrons. The first-order valence-corrected chi connectivity index (χ1v) is 7.25. The molecule has 5 heteroatoms. The minimum Gasteiger partial charge on any atom is -0.390 e. The van der Waals surface area contributed by atoms with Crippen LogP contribution < -0.4 is 0 Å². The SMILES string of the molecule is Cc1nnc2ccc3c(cc(CO)n3Cc3ccccc3)n12. The molecule has 0 unspecified atom stereocenters. The molecule has 4 aromatic rings. The van der Waals surface area contributed by atoms with Crippen LogP contribution in [0.2, 0.25) is 0 Å². The van der Waals surface area contributed by atoms with E-state index in [0.29, 0.717) is 0 Å². The summed E-state index contributed by atoms with van der Waals surface area (Å²) in [6.45, 7) is 2.67. The highest BCUT2D eigenvalue weighted by Crippen LogP contribution is 2.23. The van der Waals surface area contributed by atoms with E-state index < -0.39 is 0 Å². The molecular formula is C17H16N4O. The Balaban J connectivity index is 1.97. The van der Waals surface area contributed by atoms with E-state index in [1.54, 1.807) is 0 Å². The number of rotatable bonds is 3. The highest BCUT2D eigenvalue weighted by atomic mass is 16.3. The van der Waals surface area contributed by atoms with Crippen LogP contribution in [-0.2, 0) is 13.2 Å². The maximum absolute atomic E-state index is 9.73. The second kappa shape index (κ2) is 4.96. The van der Waals surface area contributed by atoms with E-state index >= 15 is 0 Å². The molecule has 3 aromatic heterocycles. The third-order valence-corrected chi connectivity index (χ3v) is 4.03. The van der Waals surface area contributed by atoms with Gasteiger partial charge in [-0.15, -0.1) is 10.2 Å². The highest BCUT2D eigenvalue weighted by Gasteiger charge is 2.13. The number of pyridine rings is 1. The molecule has 1 N–H and O–H groups in total. The van der Waals surface area contributed by atoms with Gasteiger partial charge in [-0.1, -0.05) is 30.3 Å². The minimum absolute atomic E-state index is 0.00415. The fraction of sp³-hybridized carbons (Fsp3) is 0.176. The first-order valence-electron chi connectivity index (χ1n) is 7.25. The molecule has 5 nitrogen and oxygen atoms in total. The second-order valence-electron chi connectivity index (χ2n) is 5.41. The Bertz CT molecular complexity index is 953. The van der Waals surface area contributed by atoms with Gasteiger partial charge in [-0.3, -0.25) is 4.40 Å². The number of nitrogens with zero attached hydrogens (tertiary/aromatic N) is 4. The van der Waals surface area contributed by atoms with E-state index in [4.69, 9.17) is 0 Å². The van der Waals surface area contributed by atoms with Gasteiger partial charge in [0.1, 0.15) is 5.82 Å². The van der Waals surface area contributed by atoms with Gasteiger partial charge >= 0.3 is 0 Å². The molecule has 110 valence electrons. The van der Waals surface area contributed by atoms with Gasteiger partial charge in [-0.25, -0.2) is 0 Å². The van der Waals surface area contributed by atoms with Gasteiger partial charge in [-0.2, -0.15) is 0 Å². The van der Waals surface area contributed by atoms with Crippen molar-refractivity contribution >= 4 is 16.7 Å². The molecule has 0 fully saturated rings. The largest absolute Gasteiger partial charge is 0.390 e. The Labute approximate surface area is 127 Å². The number of hydrogen-bond acceptors (Lipinski definition) is 3. The van der Waals surface area contributed by atoms with Gasteiger partial charge in [0.25, 0.3) is 0 Å². The quantitative estimate of drug-likeness (QED) is 0.631. The molecule has 0 aliphatic rings. The molecule has 22 heavy (non-hydrogen) atoms. The van der Waals surface area contributed by atoms with E-state index in [2.05, 4.69) is 26.9 Å². The first kappa shape index (κ1) is 13.0. The van der Waals surface area contributed by atoms with Crippen LogP contribution in [0.15, 0.2) is 48.5 Å². The Morgan fingerprint density at radius 2 is 1.82 bits per heavy atom. The maximum atomic E-state index is 9.73. The van der Waals surface area contributed by atoms with Crippen molar-refractivity contribution in [3.05, 3.63) is 65.6 Å². The average molecular weight is 292 g/mol. The van der Waals surface area contributed by atoms with Crippen molar-refractivity contribution in [3.63, 3.8) is 0 Å². The second-order valence-corrected chi connectivity index (χ2v) is 5.41. The highest BCUT2D eigenvalue weighted by molar-refractivity contribution is 5.81. The zero-order valence-corrected chi connectivity index (χ0v) is 12.3. The molecule has 0 bridgehead atoms. The lowest BCUT2D eigenvalue weighted by molar-refractivity contribution is 0.272. The predicted octanol–water partition coefficient (Wildman–Crippen LogP) is 2.53. The standard InChI is InChI=1S/C17H16N4O/c1-12-18-19-17-8-7-15-16(21(12)17)9-14(11-22)20(15)10-13-5-3-2-4-6-13/h2-9,22H,10-11H2,1H3.